The summed E-state index contributed by atoms with van der Waals surface area (Å²) in [5.41, 5.74) is 6.02. The van der Waals surface area contributed by atoms with Gasteiger partial charge in [0.25, 0.3) is 0 Å². The van der Waals surface area contributed by atoms with Crippen LogP contribution in [0.4, 0.5) is 5.69 Å². The number of benzene rings is 1. The van der Waals surface area contributed by atoms with Crippen LogP contribution in [0.25, 0.3) is 0 Å². The minimum Gasteiger partial charge on any atom is -0.331 e. The smallest absolute Gasteiger partial charge is 0.191 e. The molecule has 0 radical (unpaired) electrons. The van der Waals surface area contributed by atoms with E-state index in [1.54, 1.807) is 0 Å². The van der Waals surface area contributed by atoms with Crippen LogP contribution >= 0.6 is 23.8 Å². The molecule has 0 bridgehead atoms. The van der Waals surface area contributed by atoms with Crippen molar-refractivity contribution in [1.82, 2.24) is 5.43 Å². The monoisotopic (exact) mass is 295 g/mol. The van der Waals surface area contributed by atoms with E-state index in [4.69, 9.17) is 23.8 Å². The molecule has 0 atom stereocenters. The van der Waals surface area contributed by atoms with Crippen molar-refractivity contribution >= 4 is 40.3 Å². The number of halogens is 1. The number of hydrogen-bond donors (Lipinski definition) is 2. The number of anilines is 1. The summed E-state index contributed by atoms with van der Waals surface area (Å²) in [4.78, 5) is 0. The molecule has 0 aromatic heterocycles. The van der Waals surface area contributed by atoms with Gasteiger partial charge in [-0.25, -0.2) is 0 Å². The van der Waals surface area contributed by atoms with Crippen molar-refractivity contribution in [2.24, 2.45) is 5.10 Å². The molecule has 102 valence electrons. The van der Waals surface area contributed by atoms with Crippen LogP contribution in [0.3, 0.4) is 0 Å². The van der Waals surface area contributed by atoms with Gasteiger partial charge < -0.3 is 5.32 Å². The fraction of sp³-hybridized carbons (Fsp3) is 0.429. The molecule has 0 saturated heterocycles. The van der Waals surface area contributed by atoms with Crippen LogP contribution in [0.1, 0.15) is 37.7 Å². The van der Waals surface area contributed by atoms with Gasteiger partial charge in [-0.2, -0.15) is 5.10 Å². The molecule has 2 rings (SSSR count). The summed E-state index contributed by atoms with van der Waals surface area (Å²) in [6.45, 7) is 1.96. The lowest BCUT2D eigenvalue weighted by atomic mass is 9.99. The minimum absolute atomic E-state index is 0.503. The molecule has 0 unspecified atom stereocenters. The molecule has 0 heterocycles. The van der Waals surface area contributed by atoms with E-state index in [2.05, 4.69) is 15.8 Å². The van der Waals surface area contributed by atoms with E-state index in [0.717, 1.165) is 29.1 Å². The molecule has 2 N–H and O–H groups in total. The maximum absolute atomic E-state index is 6.06. The van der Waals surface area contributed by atoms with Crippen LogP contribution in [-0.2, 0) is 0 Å². The third-order valence-corrected chi connectivity index (χ3v) is 3.86. The molecule has 3 nitrogen and oxygen atoms in total. The third kappa shape index (κ3) is 4.18. The van der Waals surface area contributed by atoms with Crippen molar-refractivity contribution in [2.75, 3.05) is 5.32 Å². The summed E-state index contributed by atoms with van der Waals surface area (Å²) < 4.78 is 0. The maximum atomic E-state index is 6.06. The lowest BCUT2D eigenvalue weighted by Crippen LogP contribution is -2.26. The fourth-order valence-electron chi connectivity index (χ4n) is 2.09. The van der Waals surface area contributed by atoms with E-state index in [1.165, 1.54) is 25.0 Å². The van der Waals surface area contributed by atoms with Gasteiger partial charge in [-0.3, -0.25) is 5.43 Å². The molecule has 1 aliphatic rings. The third-order valence-electron chi connectivity index (χ3n) is 3.26. The summed E-state index contributed by atoms with van der Waals surface area (Å²) in [6, 6.07) is 5.71. The van der Waals surface area contributed by atoms with E-state index < -0.39 is 0 Å². The second-order valence-corrected chi connectivity index (χ2v) is 5.53. The molecule has 5 heteroatoms. The molecule has 1 aromatic carbocycles. The van der Waals surface area contributed by atoms with Gasteiger partial charge in [0.1, 0.15) is 0 Å². The van der Waals surface area contributed by atoms with Crippen LogP contribution < -0.4 is 10.7 Å². The highest BCUT2D eigenvalue weighted by Crippen LogP contribution is 2.22. The van der Waals surface area contributed by atoms with Gasteiger partial charge in [-0.05, 0) is 62.5 Å². The molecule has 0 amide bonds. The van der Waals surface area contributed by atoms with Crippen molar-refractivity contribution < 1.29 is 0 Å². The lowest BCUT2D eigenvalue weighted by Gasteiger charge is -2.14. The second kappa shape index (κ2) is 6.87. The molecule has 1 fully saturated rings. The number of nitrogens with one attached hydrogen (secondary N) is 2. The molecule has 1 saturated carbocycles. The lowest BCUT2D eigenvalue weighted by molar-refractivity contribution is 0.661. The van der Waals surface area contributed by atoms with Crippen LogP contribution in [0.15, 0.2) is 23.3 Å². The Hall–Kier alpha value is -1.13. The molecule has 19 heavy (non-hydrogen) atoms. The van der Waals surface area contributed by atoms with Gasteiger partial charge in [-0.15, -0.1) is 0 Å². The zero-order valence-electron chi connectivity index (χ0n) is 11.0. The van der Waals surface area contributed by atoms with E-state index in [0.29, 0.717) is 5.11 Å². The number of thiocarbonyl (C=S) groups is 1. The fourth-order valence-corrected chi connectivity index (χ4v) is 2.42. The second-order valence-electron chi connectivity index (χ2n) is 4.72. The first-order chi connectivity index (χ1) is 9.16. The van der Waals surface area contributed by atoms with E-state index >= 15 is 0 Å². The van der Waals surface area contributed by atoms with Crippen LogP contribution in [0.5, 0.6) is 0 Å². The molecule has 1 aliphatic carbocycles. The number of hydrazone groups is 1. The van der Waals surface area contributed by atoms with Crippen LogP contribution in [0, 0.1) is 6.92 Å². The summed E-state index contributed by atoms with van der Waals surface area (Å²) in [5.74, 6) is 0. The zero-order valence-corrected chi connectivity index (χ0v) is 12.6. The SMILES string of the molecule is Cc1c(Cl)cccc1NC(=S)NN=C1CCCCC1. The van der Waals surface area contributed by atoms with Crippen molar-refractivity contribution in [2.45, 2.75) is 39.0 Å². The first kappa shape index (κ1) is 14.3. The highest BCUT2D eigenvalue weighted by molar-refractivity contribution is 7.80. The summed E-state index contributed by atoms with van der Waals surface area (Å²) >= 11 is 11.3. The minimum atomic E-state index is 0.503. The van der Waals surface area contributed by atoms with Gasteiger partial charge in [0.2, 0.25) is 0 Å². The zero-order chi connectivity index (χ0) is 13.7. The average molecular weight is 296 g/mol. The highest BCUT2D eigenvalue weighted by atomic mass is 35.5. The Morgan fingerprint density at radius 2 is 2.00 bits per heavy atom. The van der Waals surface area contributed by atoms with Gasteiger partial charge in [-0.1, -0.05) is 24.1 Å². The van der Waals surface area contributed by atoms with Crippen LogP contribution in [-0.4, -0.2) is 10.8 Å². The van der Waals surface area contributed by atoms with Gasteiger partial charge in [0, 0.05) is 16.4 Å². The largest absolute Gasteiger partial charge is 0.331 e. The maximum Gasteiger partial charge on any atom is 0.191 e. The van der Waals surface area contributed by atoms with Crippen molar-refractivity contribution in [3.8, 4) is 0 Å². The number of nitrogens with zero attached hydrogens (tertiary/aromatic N) is 1. The van der Waals surface area contributed by atoms with E-state index in [1.807, 2.05) is 25.1 Å². The topological polar surface area (TPSA) is 36.4 Å². The highest BCUT2D eigenvalue weighted by Gasteiger charge is 2.07. The first-order valence-electron chi connectivity index (χ1n) is 6.54. The summed E-state index contributed by atoms with van der Waals surface area (Å²) in [5, 5.41) is 8.71. The number of hydrogen-bond acceptors (Lipinski definition) is 2. The molecular weight excluding hydrogens is 278 g/mol. The van der Waals surface area contributed by atoms with Gasteiger partial charge >= 0.3 is 0 Å². The van der Waals surface area contributed by atoms with Crippen molar-refractivity contribution in [3.63, 3.8) is 0 Å². The first-order valence-corrected chi connectivity index (χ1v) is 7.33. The predicted molar refractivity (Wildman–Crippen MR) is 86.1 cm³/mol. The van der Waals surface area contributed by atoms with Crippen molar-refractivity contribution in [1.29, 1.82) is 0 Å². The Balaban J connectivity index is 1.92. The van der Waals surface area contributed by atoms with Crippen molar-refractivity contribution in [3.05, 3.63) is 28.8 Å². The predicted octanol–water partition coefficient (Wildman–Crippen LogP) is 4.25. The standard InChI is InChI=1S/C14H18ClN3S/c1-10-12(15)8-5-9-13(10)16-14(19)18-17-11-6-3-2-4-7-11/h5,8-9H,2-4,6-7H2,1H3,(H2,16,18,19). The normalized spacial score (nSPS) is 14.9. The number of rotatable bonds is 2. The van der Waals surface area contributed by atoms with E-state index in [-0.39, 0.29) is 0 Å². The molecular formula is C14H18ClN3S. The summed E-state index contributed by atoms with van der Waals surface area (Å²) in [6.07, 6.45) is 5.92. The molecule has 1 aromatic rings. The average Bonchev–Trinajstić information content (AvgIpc) is 2.43. The molecule has 0 aliphatic heterocycles. The Morgan fingerprint density at radius 1 is 1.26 bits per heavy atom. The quantitative estimate of drug-likeness (QED) is 0.632. The van der Waals surface area contributed by atoms with Crippen LogP contribution in [0.2, 0.25) is 5.02 Å². The Kier molecular flexibility index (Phi) is 5.16. The Bertz CT molecular complexity index is 491. The molecule has 0 spiro atoms. The Labute approximate surface area is 124 Å². The van der Waals surface area contributed by atoms with Gasteiger partial charge in [0.05, 0.1) is 0 Å². The Morgan fingerprint density at radius 3 is 2.74 bits per heavy atom. The summed E-state index contributed by atoms with van der Waals surface area (Å²) in [7, 11) is 0. The van der Waals surface area contributed by atoms with E-state index in [9.17, 15) is 0 Å². The van der Waals surface area contributed by atoms with Gasteiger partial charge in [0.15, 0.2) is 5.11 Å².